The van der Waals surface area contributed by atoms with E-state index in [-0.39, 0.29) is 5.95 Å². The van der Waals surface area contributed by atoms with E-state index in [1.807, 2.05) is 19.1 Å². The Balaban J connectivity index is 1.96. The molecule has 0 atom stereocenters. The minimum Gasteiger partial charge on any atom is -0.216 e. The van der Waals surface area contributed by atoms with Crippen LogP contribution in [0.1, 0.15) is 30.1 Å². The third-order valence-electron chi connectivity index (χ3n) is 3.02. The van der Waals surface area contributed by atoms with Crippen LogP contribution in [0.5, 0.6) is 0 Å². The fraction of sp³-hybridized carbons (Fsp3) is 0.286. The van der Waals surface area contributed by atoms with Crippen molar-refractivity contribution in [1.29, 1.82) is 0 Å². The molecule has 0 aliphatic heterocycles. The van der Waals surface area contributed by atoms with Gasteiger partial charge in [-0.2, -0.15) is 0 Å². The van der Waals surface area contributed by atoms with Crippen LogP contribution in [-0.4, -0.2) is 9.97 Å². The fourth-order valence-electron chi connectivity index (χ4n) is 1.93. The van der Waals surface area contributed by atoms with Crippen LogP contribution in [0.2, 0.25) is 0 Å². The molecule has 0 N–H and O–H groups in total. The van der Waals surface area contributed by atoms with E-state index in [4.69, 9.17) is 0 Å². The number of hydrogen-bond acceptors (Lipinski definition) is 3. The second-order valence-electron chi connectivity index (χ2n) is 4.62. The lowest BCUT2D eigenvalue weighted by Gasteiger charge is -2.13. The molecule has 4 heteroatoms. The summed E-state index contributed by atoms with van der Waals surface area (Å²) >= 11 is 0. The van der Waals surface area contributed by atoms with Gasteiger partial charge in [-0.05, 0) is 38.0 Å². The van der Waals surface area contributed by atoms with Gasteiger partial charge in [-0.1, -0.05) is 22.7 Å². The number of aryl methyl sites for hydroxylation is 1. The summed E-state index contributed by atoms with van der Waals surface area (Å²) in [6.07, 6.45) is 2.29. The molecule has 0 saturated heterocycles. The maximum atomic E-state index is 14.2. The van der Waals surface area contributed by atoms with Gasteiger partial charge in [-0.15, -0.1) is 5.12 Å². The molecule has 0 radical (unpaired) electrons. The van der Waals surface area contributed by atoms with Gasteiger partial charge in [0.1, 0.15) is 0 Å². The van der Waals surface area contributed by atoms with E-state index in [2.05, 4.69) is 9.97 Å². The van der Waals surface area contributed by atoms with Crippen molar-refractivity contribution in [2.75, 3.05) is 5.12 Å². The van der Waals surface area contributed by atoms with Crippen LogP contribution < -0.4 is 5.12 Å². The number of benzene rings is 1. The van der Waals surface area contributed by atoms with Crippen LogP contribution in [0.15, 0.2) is 36.4 Å². The second kappa shape index (κ2) is 4.37. The molecule has 3 rings (SSSR count). The molecular weight excluding hydrogens is 229 g/mol. The topological polar surface area (TPSA) is 29.0 Å². The quantitative estimate of drug-likeness (QED) is 0.770. The van der Waals surface area contributed by atoms with Crippen molar-refractivity contribution in [3.8, 4) is 0 Å². The Hall–Kier alpha value is -1.97. The highest BCUT2D eigenvalue weighted by Gasteiger charge is 2.26. The number of halogens is 1. The third-order valence-corrected chi connectivity index (χ3v) is 3.02. The maximum Gasteiger partial charge on any atom is 0.259 e. The predicted octanol–water partition coefficient (Wildman–Crippen LogP) is 3.69. The molecule has 92 valence electrons. The van der Waals surface area contributed by atoms with Crippen LogP contribution in [0.25, 0.3) is 0 Å². The number of nitrogens with zero attached hydrogens (tertiary/aromatic N) is 3. The van der Waals surface area contributed by atoms with E-state index in [0.717, 1.165) is 24.2 Å². The molecule has 0 amide bonds. The van der Waals surface area contributed by atoms with Crippen molar-refractivity contribution in [1.82, 2.24) is 9.97 Å². The summed E-state index contributed by atoms with van der Waals surface area (Å²) in [5.41, 5.74) is 2.21. The third kappa shape index (κ3) is 2.18. The van der Waals surface area contributed by atoms with Gasteiger partial charge in [0.05, 0.1) is 5.69 Å². The summed E-state index contributed by atoms with van der Waals surface area (Å²) in [4.78, 5) is 8.47. The first-order valence-electron chi connectivity index (χ1n) is 6.10. The Labute approximate surface area is 105 Å². The first-order valence-corrected chi connectivity index (χ1v) is 6.10. The van der Waals surface area contributed by atoms with Crippen molar-refractivity contribution >= 4 is 11.6 Å². The first-order chi connectivity index (χ1) is 8.74. The van der Waals surface area contributed by atoms with Crippen LogP contribution in [0, 0.1) is 6.92 Å². The van der Waals surface area contributed by atoms with Crippen LogP contribution in [0.4, 0.5) is 16.1 Å². The average Bonchev–Trinajstić information content (AvgIpc) is 3.22. The molecule has 0 spiro atoms. The highest BCUT2D eigenvalue weighted by atomic mass is 19.2. The number of rotatable bonds is 3. The molecule has 1 fully saturated rings. The summed E-state index contributed by atoms with van der Waals surface area (Å²) in [6, 6.07) is 10.8. The smallest absolute Gasteiger partial charge is 0.216 e. The zero-order chi connectivity index (χ0) is 12.5. The number of hydrogen-bond donors (Lipinski definition) is 0. The van der Waals surface area contributed by atoms with Gasteiger partial charge in [-0.25, -0.2) is 9.97 Å². The second-order valence-corrected chi connectivity index (χ2v) is 4.62. The highest BCUT2D eigenvalue weighted by molar-refractivity contribution is 5.53. The summed E-state index contributed by atoms with van der Waals surface area (Å²) in [5.74, 6) is 0.623. The van der Waals surface area contributed by atoms with E-state index in [0.29, 0.717) is 16.7 Å². The Kier molecular flexibility index (Phi) is 2.70. The van der Waals surface area contributed by atoms with Gasteiger partial charge >= 0.3 is 0 Å². The summed E-state index contributed by atoms with van der Waals surface area (Å²) in [7, 11) is 0. The van der Waals surface area contributed by atoms with Gasteiger partial charge < -0.3 is 0 Å². The van der Waals surface area contributed by atoms with Gasteiger partial charge in [0.15, 0.2) is 0 Å². The molecule has 1 aliphatic carbocycles. The molecule has 1 aromatic carbocycles. The van der Waals surface area contributed by atoms with Crippen molar-refractivity contribution in [3.63, 3.8) is 0 Å². The number of para-hydroxylation sites is 1. The number of aromatic nitrogens is 2. The summed E-state index contributed by atoms with van der Waals surface area (Å²) in [5, 5.41) is 0.541. The lowest BCUT2D eigenvalue weighted by molar-refractivity contribution is 0.490. The van der Waals surface area contributed by atoms with Crippen molar-refractivity contribution in [3.05, 3.63) is 47.8 Å². The molecule has 1 heterocycles. The fourth-order valence-corrected chi connectivity index (χ4v) is 1.93. The molecule has 0 unspecified atom stereocenters. The zero-order valence-corrected chi connectivity index (χ0v) is 10.2. The Morgan fingerprint density at radius 2 is 1.89 bits per heavy atom. The molecule has 3 nitrogen and oxygen atoms in total. The Morgan fingerprint density at radius 1 is 1.17 bits per heavy atom. The van der Waals surface area contributed by atoms with Crippen molar-refractivity contribution in [2.45, 2.75) is 25.7 Å². The molecule has 18 heavy (non-hydrogen) atoms. The van der Waals surface area contributed by atoms with E-state index >= 15 is 0 Å². The minimum atomic E-state index is 0.128. The van der Waals surface area contributed by atoms with Crippen molar-refractivity contribution < 1.29 is 4.48 Å². The van der Waals surface area contributed by atoms with E-state index in [1.54, 1.807) is 24.3 Å². The molecule has 0 bridgehead atoms. The summed E-state index contributed by atoms with van der Waals surface area (Å²) in [6.45, 7) is 1.87. The Bertz CT molecular complexity index is 552. The van der Waals surface area contributed by atoms with Crippen LogP contribution in [0.3, 0.4) is 0 Å². The van der Waals surface area contributed by atoms with Gasteiger partial charge in [0.2, 0.25) is 0 Å². The molecular formula is C14H14FN3. The van der Waals surface area contributed by atoms with Gasteiger partial charge in [0.25, 0.3) is 5.95 Å². The van der Waals surface area contributed by atoms with Crippen LogP contribution >= 0.6 is 0 Å². The van der Waals surface area contributed by atoms with E-state index in [1.165, 1.54) is 0 Å². The maximum absolute atomic E-state index is 14.2. The lowest BCUT2D eigenvalue weighted by Crippen LogP contribution is -2.09. The SMILES string of the molecule is Cc1cc(C2CC2)nc(N(F)c2ccccc2)n1. The predicted molar refractivity (Wildman–Crippen MR) is 68.4 cm³/mol. The van der Waals surface area contributed by atoms with Gasteiger partial charge in [0, 0.05) is 17.3 Å². The first kappa shape index (κ1) is 11.1. The molecule has 2 aromatic rings. The average molecular weight is 243 g/mol. The minimum absolute atomic E-state index is 0.128. The van der Waals surface area contributed by atoms with Gasteiger partial charge in [-0.3, -0.25) is 0 Å². The molecule has 1 aliphatic rings. The zero-order valence-electron chi connectivity index (χ0n) is 10.2. The number of anilines is 2. The largest absolute Gasteiger partial charge is 0.259 e. The summed E-state index contributed by atoms with van der Waals surface area (Å²) < 4.78 is 14.2. The normalized spacial score (nSPS) is 14.6. The van der Waals surface area contributed by atoms with E-state index < -0.39 is 0 Å². The molecule has 1 saturated carbocycles. The Morgan fingerprint density at radius 3 is 2.56 bits per heavy atom. The standard InChI is InChI=1S/C14H14FN3/c1-10-9-13(11-7-8-11)17-14(16-10)18(15)12-5-3-2-4-6-12/h2-6,9,11H,7-8H2,1H3. The molecule has 1 aromatic heterocycles. The van der Waals surface area contributed by atoms with E-state index in [9.17, 15) is 4.48 Å². The lowest BCUT2D eigenvalue weighted by atomic mass is 10.2. The highest BCUT2D eigenvalue weighted by Crippen LogP contribution is 2.39. The van der Waals surface area contributed by atoms with Crippen molar-refractivity contribution in [2.24, 2.45) is 0 Å². The monoisotopic (exact) mass is 243 g/mol. The van der Waals surface area contributed by atoms with Crippen LogP contribution in [-0.2, 0) is 0 Å².